The number of hydrazone groups is 1. The quantitative estimate of drug-likeness (QED) is 0.451. The van der Waals surface area contributed by atoms with Crippen LogP contribution in [0.1, 0.15) is 33.6 Å². The average molecular weight is 180 g/mol. The highest BCUT2D eigenvalue weighted by molar-refractivity contribution is 6.45. The first-order valence-corrected chi connectivity index (χ1v) is 4.78. The number of carbonyl (C=O) groups excluding carboxylic acids is 1. The topological polar surface area (TPSA) is 55.4 Å². The zero-order chi connectivity index (χ0) is 9.85. The number of nitrogens with two attached hydrogens (primary N) is 1. The van der Waals surface area contributed by atoms with Crippen molar-refractivity contribution in [2.45, 2.75) is 33.6 Å². The molecular formula is C10H16N2O. The van der Waals surface area contributed by atoms with Crippen molar-refractivity contribution in [1.82, 2.24) is 0 Å². The molecule has 0 heterocycles. The van der Waals surface area contributed by atoms with Gasteiger partial charge in [-0.2, -0.15) is 5.10 Å². The van der Waals surface area contributed by atoms with Gasteiger partial charge in [0.05, 0.1) is 0 Å². The van der Waals surface area contributed by atoms with Crippen LogP contribution in [0.25, 0.3) is 0 Å². The van der Waals surface area contributed by atoms with Gasteiger partial charge in [-0.15, -0.1) is 0 Å². The normalized spacial score (nSPS) is 44.7. The lowest BCUT2D eigenvalue weighted by molar-refractivity contribution is -0.123. The summed E-state index contributed by atoms with van der Waals surface area (Å²) in [5.41, 5.74) is 0.455. The molecule has 72 valence electrons. The van der Waals surface area contributed by atoms with Crippen LogP contribution in [0, 0.1) is 16.7 Å². The zero-order valence-corrected chi connectivity index (χ0v) is 8.42. The van der Waals surface area contributed by atoms with Gasteiger partial charge >= 0.3 is 0 Å². The fourth-order valence-corrected chi connectivity index (χ4v) is 2.97. The number of hydrogen-bond acceptors (Lipinski definition) is 3. The van der Waals surface area contributed by atoms with Gasteiger partial charge in [0, 0.05) is 11.3 Å². The van der Waals surface area contributed by atoms with Crippen LogP contribution in [0.15, 0.2) is 5.10 Å². The molecular weight excluding hydrogens is 164 g/mol. The summed E-state index contributed by atoms with van der Waals surface area (Å²) in [6, 6.07) is 0. The number of carbonyl (C=O) groups is 1. The van der Waals surface area contributed by atoms with Crippen molar-refractivity contribution < 1.29 is 4.79 Å². The maximum Gasteiger partial charge on any atom is 0.185 e. The lowest BCUT2D eigenvalue weighted by atomic mass is 9.70. The van der Waals surface area contributed by atoms with Gasteiger partial charge in [0.15, 0.2) is 5.78 Å². The predicted octanol–water partition coefficient (Wildman–Crippen LogP) is 1.33. The summed E-state index contributed by atoms with van der Waals surface area (Å²) >= 11 is 0. The maximum absolute atomic E-state index is 11.9. The third-order valence-electron chi connectivity index (χ3n) is 4.43. The minimum absolute atomic E-state index is 0.0439. The van der Waals surface area contributed by atoms with E-state index in [4.69, 9.17) is 5.84 Å². The molecule has 0 aromatic rings. The van der Waals surface area contributed by atoms with Gasteiger partial charge in [-0.05, 0) is 18.3 Å². The lowest BCUT2D eigenvalue weighted by Gasteiger charge is -2.31. The molecule has 0 aromatic heterocycles. The third-order valence-corrected chi connectivity index (χ3v) is 4.43. The summed E-state index contributed by atoms with van der Waals surface area (Å²) in [6.07, 6.45) is 2.05. The molecule has 3 heteroatoms. The Morgan fingerprint density at radius 3 is 2.38 bits per heavy atom. The molecule has 2 unspecified atom stereocenters. The number of nitrogens with zero attached hydrogens (tertiary/aromatic N) is 1. The first-order chi connectivity index (χ1) is 5.95. The Kier molecular flexibility index (Phi) is 1.44. The summed E-state index contributed by atoms with van der Waals surface area (Å²) in [7, 11) is 0. The monoisotopic (exact) mass is 180 g/mol. The van der Waals surface area contributed by atoms with Crippen LogP contribution in [-0.4, -0.2) is 11.5 Å². The summed E-state index contributed by atoms with van der Waals surface area (Å²) in [6.45, 7) is 6.36. The van der Waals surface area contributed by atoms with Gasteiger partial charge in [-0.25, -0.2) is 0 Å². The van der Waals surface area contributed by atoms with Crippen LogP contribution >= 0.6 is 0 Å². The van der Waals surface area contributed by atoms with E-state index in [1.165, 1.54) is 0 Å². The number of hydrogen-bond donors (Lipinski definition) is 1. The second-order valence-electron chi connectivity index (χ2n) is 4.99. The highest BCUT2D eigenvalue weighted by Gasteiger charge is 2.65. The Morgan fingerprint density at radius 1 is 1.46 bits per heavy atom. The largest absolute Gasteiger partial charge is 0.323 e. The Labute approximate surface area is 78.4 Å². The van der Waals surface area contributed by atoms with Crippen molar-refractivity contribution in [2.24, 2.45) is 27.7 Å². The van der Waals surface area contributed by atoms with Crippen LogP contribution in [0.3, 0.4) is 0 Å². The van der Waals surface area contributed by atoms with Crippen LogP contribution < -0.4 is 5.84 Å². The summed E-state index contributed by atoms with van der Waals surface area (Å²) in [4.78, 5) is 11.9. The van der Waals surface area contributed by atoms with E-state index < -0.39 is 0 Å². The third kappa shape index (κ3) is 0.713. The molecule has 2 saturated carbocycles. The predicted molar refractivity (Wildman–Crippen MR) is 51.2 cm³/mol. The second kappa shape index (κ2) is 2.14. The molecule has 0 saturated heterocycles. The minimum atomic E-state index is -0.212. The molecule has 0 aliphatic heterocycles. The first-order valence-electron chi connectivity index (χ1n) is 4.78. The van der Waals surface area contributed by atoms with Gasteiger partial charge in [0.2, 0.25) is 0 Å². The van der Waals surface area contributed by atoms with Crippen molar-refractivity contribution in [1.29, 1.82) is 0 Å². The Balaban J connectivity index is 2.57. The van der Waals surface area contributed by atoms with Gasteiger partial charge in [0.25, 0.3) is 0 Å². The Bertz CT molecular complexity index is 306. The van der Waals surface area contributed by atoms with Gasteiger partial charge in [-0.3, -0.25) is 4.79 Å². The number of ketones is 1. The fraction of sp³-hybridized carbons (Fsp3) is 0.800. The standard InChI is InChI=1S/C10H16N2O/c1-9(2)6-4-5-10(9,3)8(13)7(6)12-11/h6H,4-5,11H2,1-3H3/b12-7+. The average Bonchev–Trinajstić information content (AvgIpc) is 2.36. The van der Waals surface area contributed by atoms with Crippen LogP contribution in [0.2, 0.25) is 0 Å². The van der Waals surface area contributed by atoms with Crippen molar-refractivity contribution in [3.8, 4) is 0 Å². The van der Waals surface area contributed by atoms with E-state index in [-0.39, 0.29) is 22.5 Å². The number of fused-ring (bicyclic) bond motifs is 2. The van der Waals surface area contributed by atoms with Crippen LogP contribution in [-0.2, 0) is 4.79 Å². The number of Topliss-reactive ketones (excluding diaryl/α,β-unsaturated/α-hetero) is 1. The highest BCUT2D eigenvalue weighted by atomic mass is 16.1. The molecule has 2 bridgehead atoms. The lowest BCUT2D eigenvalue weighted by Crippen LogP contribution is -2.33. The van der Waals surface area contributed by atoms with E-state index in [0.29, 0.717) is 5.71 Å². The van der Waals surface area contributed by atoms with E-state index in [9.17, 15) is 4.79 Å². The van der Waals surface area contributed by atoms with Gasteiger partial charge < -0.3 is 5.84 Å². The SMILES string of the molecule is CC12CCC(/C(=N\N)C1=O)C2(C)C. The Morgan fingerprint density at radius 2 is 2.08 bits per heavy atom. The molecule has 13 heavy (non-hydrogen) atoms. The molecule has 3 nitrogen and oxygen atoms in total. The second-order valence-corrected chi connectivity index (χ2v) is 4.99. The molecule has 0 aromatic carbocycles. The van der Waals surface area contributed by atoms with Crippen molar-refractivity contribution in [3.05, 3.63) is 0 Å². The molecule has 2 aliphatic carbocycles. The van der Waals surface area contributed by atoms with E-state index >= 15 is 0 Å². The molecule has 2 aliphatic rings. The smallest absolute Gasteiger partial charge is 0.185 e. The fourth-order valence-electron chi connectivity index (χ4n) is 2.97. The van der Waals surface area contributed by atoms with E-state index in [0.717, 1.165) is 12.8 Å². The van der Waals surface area contributed by atoms with Crippen molar-refractivity contribution in [3.63, 3.8) is 0 Å². The molecule has 2 rings (SSSR count). The van der Waals surface area contributed by atoms with E-state index in [2.05, 4.69) is 18.9 Å². The zero-order valence-electron chi connectivity index (χ0n) is 8.42. The molecule has 2 N–H and O–H groups in total. The van der Waals surface area contributed by atoms with Crippen molar-refractivity contribution in [2.75, 3.05) is 0 Å². The van der Waals surface area contributed by atoms with Crippen LogP contribution in [0.4, 0.5) is 0 Å². The maximum atomic E-state index is 11.9. The van der Waals surface area contributed by atoms with Crippen molar-refractivity contribution >= 4 is 11.5 Å². The van der Waals surface area contributed by atoms with Gasteiger partial charge in [0.1, 0.15) is 5.71 Å². The molecule has 0 amide bonds. The van der Waals surface area contributed by atoms with Crippen LogP contribution in [0.5, 0.6) is 0 Å². The Hall–Kier alpha value is -0.860. The summed E-state index contributed by atoms with van der Waals surface area (Å²) in [5, 5.41) is 3.66. The summed E-state index contributed by atoms with van der Waals surface area (Å²) < 4.78 is 0. The first kappa shape index (κ1) is 8.73. The molecule has 0 radical (unpaired) electrons. The highest BCUT2D eigenvalue weighted by Crippen LogP contribution is 2.62. The molecule has 2 fully saturated rings. The minimum Gasteiger partial charge on any atom is -0.323 e. The number of rotatable bonds is 0. The molecule has 2 atom stereocenters. The van der Waals surface area contributed by atoms with E-state index in [1.807, 2.05) is 6.92 Å². The summed E-state index contributed by atoms with van der Waals surface area (Å²) in [5.74, 6) is 5.72. The molecule has 0 spiro atoms. The van der Waals surface area contributed by atoms with E-state index in [1.54, 1.807) is 0 Å². The van der Waals surface area contributed by atoms with Gasteiger partial charge in [-0.1, -0.05) is 20.8 Å².